The Morgan fingerprint density at radius 1 is 1.14 bits per heavy atom. The van der Waals surface area contributed by atoms with Crippen LogP contribution in [0.3, 0.4) is 0 Å². The standard InChI is InChI=1S/C26H25ClN6O4/c1-26(17-28)12-11-22(16-31(26)2)37-21-9-7-20(8-10-21)29-23-30-24(35)32(13-14-34)25(36)33(23)15-18-3-5-19(27)6-4-18/h3-12,16,34H,13-15H2,1-2H3,(H,29,30,35). The summed E-state index contributed by atoms with van der Waals surface area (Å²) in [5.74, 6) is 1.11. The molecule has 190 valence electrons. The van der Waals surface area contributed by atoms with Gasteiger partial charge >= 0.3 is 11.4 Å². The number of nitriles is 1. The van der Waals surface area contributed by atoms with Gasteiger partial charge in [0.1, 0.15) is 17.0 Å². The normalized spacial score (nSPS) is 17.4. The number of rotatable bonds is 7. The Morgan fingerprint density at radius 3 is 2.46 bits per heavy atom. The minimum atomic E-state index is -0.737. The number of hydrogen-bond donors (Lipinski definition) is 2. The minimum absolute atomic E-state index is 0.0585. The molecule has 0 fully saturated rings. The number of nitrogens with one attached hydrogen (secondary N) is 1. The van der Waals surface area contributed by atoms with Crippen molar-refractivity contribution in [1.29, 1.82) is 5.26 Å². The van der Waals surface area contributed by atoms with Gasteiger partial charge in [-0.1, -0.05) is 23.7 Å². The number of aromatic nitrogens is 3. The first-order valence-electron chi connectivity index (χ1n) is 11.4. The van der Waals surface area contributed by atoms with Crippen molar-refractivity contribution >= 4 is 17.3 Å². The molecule has 0 saturated heterocycles. The van der Waals surface area contributed by atoms with Crippen LogP contribution in [0.2, 0.25) is 5.02 Å². The zero-order valence-electron chi connectivity index (χ0n) is 20.3. The van der Waals surface area contributed by atoms with E-state index >= 15 is 0 Å². The average Bonchev–Trinajstić information content (AvgIpc) is 2.88. The van der Waals surface area contributed by atoms with Crippen LogP contribution in [0.5, 0.6) is 5.75 Å². The molecule has 1 atom stereocenters. The van der Waals surface area contributed by atoms with Crippen LogP contribution in [0.25, 0.3) is 0 Å². The van der Waals surface area contributed by atoms with E-state index in [2.05, 4.69) is 16.0 Å². The number of benzene rings is 2. The van der Waals surface area contributed by atoms with Gasteiger partial charge in [-0.25, -0.2) is 19.1 Å². The minimum Gasteiger partial charge on any atom is -0.456 e. The van der Waals surface area contributed by atoms with Gasteiger partial charge in [0, 0.05) is 18.3 Å². The second kappa shape index (κ2) is 10.7. The third-order valence-corrected chi connectivity index (χ3v) is 6.17. The fraction of sp³-hybridized carbons (Fsp3) is 0.231. The summed E-state index contributed by atoms with van der Waals surface area (Å²) in [4.78, 5) is 34.5. The number of aliphatic hydroxyl groups is 1. The van der Waals surface area contributed by atoms with Crippen molar-refractivity contribution in [3.8, 4) is 11.8 Å². The number of aliphatic hydroxyl groups excluding tert-OH is 1. The molecule has 1 aromatic heterocycles. The number of H-pyrrole nitrogens is 1. The van der Waals surface area contributed by atoms with Crippen molar-refractivity contribution in [2.75, 3.05) is 13.7 Å². The summed E-state index contributed by atoms with van der Waals surface area (Å²) in [6, 6.07) is 16.0. The maximum absolute atomic E-state index is 13.1. The molecule has 37 heavy (non-hydrogen) atoms. The Hall–Kier alpha value is -4.33. The van der Waals surface area contributed by atoms with Gasteiger partial charge in [-0.2, -0.15) is 5.26 Å². The highest BCUT2D eigenvalue weighted by atomic mass is 35.5. The maximum atomic E-state index is 13.1. The van der Waals surface area contributed by atoms with Crippen LogP contribution in [0.15, 0.2) is 87.2 Å². The first kappa shape index (κ1) is 25.8. The molecule has 0 radical (unpaired) electrons. The molecule has 4 rings (SSSR count). The second-order valence-corrected chi connectivity index (χ2v) is 9.00. The topological polar surface area (TPSA) is 129 Å². The lowest BCUT2D eigenvalue weighted by atomic mass is 10.00. The number of aromatic amines is 1. The average molecular weight is 521 g/mol. The molecule has 2 N–H and O–H groups in total. The summed E-state index contributed by atoms with van der Waals surface area (Å²) in [6.07, 6.45) is 5.25. The van der Waals surface area contributed by atoms with E-state index in [0.717, 1.165) is 10.1 Å². The molecule has 0 spiro atoms. The largest absolute Gasteiger partial charge is 0.456 e. The molecule has 1 aliphatic heterocycles. The predicted molar refractivity (Wildman–Crippen MR) is 138 cm³/mol. The van der Waals surface area contributed by atoms with Crippen molar-refractivity contribution in [1.82, 2.24) is 19.0 Å². The summed E-state index contributed by atoms with van der Waals surface area (Å²) >= 11 is 5.97. The predicted octanol–water partition coefficient (Wildman–Crippen LogP) is 2.27. The number of nitrogens with zero attached hydrogens (tertiary/aromatic N) is 5. The SMILES string of the molecule is CN1C=C(Oc2ccc(/N=c3\[nH]c(=O)n(CCO)c(=O)n3Cc3ccc(Cl)cc3)cc2)C=CC1(C)C#N. The second-order valence-electron chi connectivity index (χ2n) is 8.57. The molecular formula is C26H25ClN6O4. The van der Waals surface area contributed by atoms with Gasteiger partial charge in [0.05, 0.1) is 31.5 Å². The molecular weight excluding hydrogens is 496 g/mol. The lowest BCUT2D eigenvalue weighted by Gasteiger charge is -2.32. The van der Waals surface area contributed by atoms with E-state index in [9.17, 15) is 20.0 Å². The molecule has 2 aromatic carbocycles. The monoisotopic (exact) mass is 520 g/mol. The van der Waals surface area contributed by atoms with E-state index in [-0.39, 0.29) is 25.3 Å². The van der Waals surface area contributed by atoms with Gasteiger partial charge in [-0.15, -0.1) is 0 Å². The van der Waals surface area contributed by atoms with Crippen LogP contribution in [0.1, 0.15) is 12.5 Å². The molecule has 2 heterocycles. The molecule has 1 unspecified atom stereocenters. The number of hydrogen-bond acceptors (Lipinski definition) is 7. The highest BCUT2D eigenvalue weighted by molar-refractivity contribution is 6.30. The van der Waals surface area contributed by atoms with E-state index in [1.165, 1.54) is 4.57 Å². The molecule has 1 aliphatic rings. The summed E-state index contributed by atoms with van der Waals surface area (Å²) in [7, 11) is 1.80. The zero-order valence-corrected chi connectivity index (χ0v) is 21.0. The van der Waals surface area contributed by atoms with Crippen LogP contribution in [0.4, 0.5) is 5.69 Å². The van der Waals surface area contributed by atoms with Crippen LogP contribution < -0.4 is 21.7 Å². The van der Waals surface area contributed by atoms with Crippen molar-refractivity contribution in [3.05, 3.63) is 110 Å². The van der Waals surface area contributed by atoms with Crippen LogP contribution in [-0.2, 0) is 13.1 Å². The van der Waals surface area contributed by atoms with Gasteiger partial charge in [-0.3, -0.25) is 9.55 Å². The maximum Gasteiger partial charge on any atom is 0.335 e. The number of ether oxygens (including phenoxy) is 1. The molecule has 10 nitrogen and oxygen atoms in total. The van der Waals surface area contributed by atoms with E-state index < -0.39 is 16.9 Å². The van der Waals surface area contributed by atoms with E-state index in [0.29, 0.717) is 22.2 Å². The van der Waals surface area contributed by atoms with Crippen molar-refractivity contribution in [2.45, 2.75) is 25.6 Å². The van der Waals surface area contributed by atoms with E-state index in [4.69, 9.17) is 16.3 Å². The highest BCUT2D eigenvalue weighted by Crippen LogP contribution is 2.25. The van der Waals surface area contributed by atoms with Crippen molar-refractivity contribution in [3.63, 3.8) is 0 Å². The smallest absolute Gasteiger partial charge is 0.335 e. The quantitative estimate of drug-likeness (QED) is 0.492. The number of allylic oxidation sites excluding steroid dienone is 1. The zero-order chi connectivity index (χ0) is 26.6. The fourth-order valence-corrected chi connectivity index (χ4v) is 3.73. The molecule has 11 heteroatoms. The lowest BCUT2D eigenvalue weighted by Crippen LogP contribution is -2.50. The lowest BCUT2D eigenvalue weighted by molar-refractivity contribution is 0.268. The van der Waals surface area contributed by atoms with E-state index in [1.807, 2.05) is 0 Å². The number of likely N-dealkylation sites (N-methyl/N-ethyl adjacent to an activating group) is 1. The summed E-state index contributed by atoms with van der Waals surface area (Å²) in [5, 5.41) is 19.2. The molecule has 0 saturated carbocycles. The Morgan fingerprint density at radius 2 is 1.84 bits per heavy atom. The van der Waals surface area contributed by atoms with Gasteiger partial charge in [0.25, 0.3) is 0 Å². The van der Waals surface area contributed by atoms with Crippen molar-refractivity contribution in [2.24, 2.45) is 4.99 Å². The molecule has 0 aliphatic carbocycles. The Kier molecular flexibility index (Phi) is 7.47. The fourth-order valence-electron chi connectivity index (χ4n) is 3.61. The van der Waals surface area contributed by atoms with Crippen LogP contribution >= 0.6 is 11.6 Å². The first-order chi connectivity index (χ1) is 17.7. The van der Waals surface area contributed by atoms with E-state index in [1.54, 1.807) is 85.8 Å². The summed E-state index contributed by atoms with van der Waals surface area (Å²) in [5.41, 5.74) is -0.692. The van der Waals surface area contributed by atoms with Crippen molar-refractivity contribution < 1.29 is 9.84 Å². The number of halogens is 1. The third-order valence-electron chi connectivity index (χ3n) is 5.92. The molecule has 0 amide bonds. The summed E-state index contributed by atoms with van der Waals surface area (Å²) < 4.78 is 8.14. The Balaban J connectivity index is 1.66. The Labute approximate surface area is 217 Å². The van der Waals surface area contributed by atoms with Crippen LogP contribution in [-0.4, -0.2) is 43.3 Å². The molecule has 0 bridgehead atoms. The Bertz CT molecular complexity index is 1580. The first-order valence-corrected chi connectivity index (χ1v) is 11.8. The third kappa shape index (κ3) is 5.74. The van der Waals surface area contributed by atoms with Gasteiger partial charge < -0.3 is 14.7 Å². The summed E-state index contributed by atoms with van der Waals surface area (Å²) in [6.45, 7) is 1.43. The molecule has 3 aromatic rings. The highest BCUT2D eigenvalue weighted by Gasteiger charge is 2.27. The van der Waals surface area contributed by atoms with Crippen LogP contribution in [0, 0.1) is 11.3 Å². The van der Waals surface area contributed by atoms with Gasteiger partial charge in [-0.05, 0) is 61.0 Å². The van der Waals surface area contributed by atoms with Gasteiger partial charge in [0.15, 0.2) is 0 Å². The van der Waals surface area contributed by atoms with Gasteiger partial charge in [0.2, 0.25) is 5.62 Å².